The summed E-state index contributed by atoms with van der Waals surface area (Å²) in [6.07, 6.45) is 0.367. The fourth-order valence-electron chi connectivity index (χ4n) is 0.543. The van der Waals surface area contributed by atoms with Gasteiger partial charge in [0.15, 0.2) is 0 Å². The predicted molar refractivity (Wildman–Crippen MR) is 42.9 cm³/mol. The highest BCUT2D eigenvalue weighted by atomic mass is 16.5. The SMILES string of the molecule is COC(=O)CC[N-][N+](C)(C)C. The summed E-state index contributed by atoms with van der Waals surface area (Å²) in [5, 5.41) is 0. The number of ether oxygens (including phenoxy) is 1. The number of carbonyl (C=O) groups excluding carboxylic acids is 1. The number of quaternary nitrogens is 1. The van der Waals surface area contributed by atoms with Crippen LogP contribution < -0.4 is 0 Å². The summed E-state index contributed by atoms with van der Waals surface area (Å²) in [5.41, 5.74) is 4.18. The van der Waals surface area contributed by atoms with Crippen LogP contribution in [0.1, 0.15) is 6.42 Å². The van der Waals surface area contributed by atoms with Gasteiger partial charge in [0, 0.05) is 6.42 Å². The zero-order valence-electron chi connectivity index (χ0n) is 7.63. The number of hydrogen-bond donors (Lipinski definition) is 0. The maximum absolute atomic E-state index is 10.6. The molecule has 0 saturated carbocycles. The molecule has 0 aromatic carbocycles. The Bertz CT molecular complexity index is 129. The summed E-state index contributed by atoms with van der Waals surface area (Å²) in [4.78, 5) is 10.6. The van der Waals surface area contributed by atoms with Crippen LogP contribution in [0, 0.1) is 0 Å². The van der Waals surface area contributed by atoms with Gasteiger partial charge in [-0.25, -0.2) is 0 Å². The highest BCUT2D eigenvalue weighted by molar-refractivity contribution is 5.69. The monoisotopic (exact) mass is 160 g/mol. The van der Waals surface area contributed by atoms with E-state index < -0.39 is 0 Å². The third-order valence-electron chi connectivity index (χ3n) is 1.07. The van der Waals surface area contributed by atoms with Crippen LogP contribution in [0.15, 0.2) is 0 Å². The average Bonchev–Trinajstić information content (AvgIpc) is 1.85. The molecule has 66 valence electrons. The minimum absolute atomic E-state index is 0.206. The predicted octanol–water partition coefficient (Wildman–Crippen LogP) is 0.544. The van der Waals surface area contributed by atoms with E-state index in [9.17, 15) is 4.79 Å². The zero-order chi connectivity index (χ0) is 8.91. The highest BCUT2D eigenvalue weighted by Crippen LogP contribution is 2.02. The molecule has 0 heterocycles. The van der Waals surface area contributed by atoms with Gasteiger partial charge in [0.2, 0.25) is 0 Å². The minimum Gasteiger partial charge on any atom is -0.469 e. The van der Waals surface area contributed by atoms with Gasteiger partial charge in [-0.15, -0.1) is 0 Å². The summed E-state index contributed by atoms with van der Waals surface area (Å²) in [6, 6.07) is 0. The van der Waals surface area contributed by atoms with Crippen LogP contribution in [-0.4, -0.2) is 45.4 Å². The molecule has 4 heteroatoms. The van der Waals surface area contributed by atoms with Crippen molar-refractivity contribution in [1.29, 1.82) is 0 Å². The molecule has 0 amide bonds. The van der Waals surface area contributed by atoms with Crippen LogP contribution in [0.2, 0.25) is 0 Å². The van der Waals surface area contributed by atoms with Gasteiger partial charge in [0.25, 0.3) is 0 Å². The van der Waals surface area contributed by atoms with E-state index in [1.54, 1.807) is 0 Å². The van der Waals surface area contributed by atoms with Gasteiger partial charge in [0.05, 0.1) is 28.3 Å². The lowest BCUT2D eigenvalue weighted by Crippen LogP contribution is -2.30. The Balaban J connectivity index is 3.35. The molecule has 0 aromatic rings. The fraction of sp³-hybridized carbons (Fsp3) is 0.857. The van der Waals surface area contributed by atoms with Gasteiger partial charge in [0.1, 0.15) is 0 Å². The Kier molecular flexibility index (Phi) is 4.07. The van der Waals surface area contributed by atoms with Gasteiger partial charge in [-0.2, -0.15) is 0 Å². The van der Waals surface area contributed by atoms with Gasteiger partial charge >= 0.3 is 5.97 Å². The van der Waals surface area contributed by atoms with E-state index in [0.717, 1.165) is 0 Å². The van der Waals surface area contributed by atoms with Crippen molar-refractivity contribution in [2.45, 2.75) is 6.42 Å². The maximum atomic E-state index is 10.6. The molecule has 0 fully saturated rings. The summed E-state index contributed by atoms with van der Waals surface area (Å²) in [7, 11) is 7.21. The Morgan fingerprint density at radius 1 is 1.45 bits per heavy atom. The van der Waals surface area contributed by atoms with E-state index in [1.807, 2.05) is 21.1 Å². The molecule has 0 N–H and O–H groups in total. The van der Waals surface area contributed by atoms with E-state index >= 15 is 0 Å². The molecular weight excluding hydrogens is 144 g/mol. The molecular formula is C7H16N2O2. The third kappa shape index (κ3) is 7.29. The van der Waals surface area contributed by atoms with Crippen LogP contribution in [0.4, 0.5) is 0 Å². The van der Waals surface area contributed by atoms with Crippen molar-refractivity contribution in [2.24, 2.45) is 0 Å². The normalized spacial score (nSPS) is 11.3. The minimum atomic E-state index is -0.206. The molecule has 0 aromatic heterocycles. The molecule has 0 bridgehead atoms. The van der Waals surface area contributed by atoms with E-state index in [-0.39, 0.29) is 5.97 Å². The first kappa shape index (κ1) is 10.4. The molecule has 4 nitrogen and oxygen atoms in total. The molecule has 0 unspecified atom stereocenters. The molecule has 11 heavy (non-hydrogen) atoms. The topological polar surface area (TPSA) is 40.4 Å². The molecule has 0 saturated heterocycles. The number of methoxy groups -OCH3 is 1. The number of rotatable bonds is 4. The van der Waals surface area contributed by atoms with Gasteiger partial charge in [-0.3, -0.25) is 4.79 Å². The van der Waals surface area contributed by atoms with Crippen molar-refractivity contribution in [3.63, 3.8) is 0 Å². The Morgan fingerprint density at radius 3 is 2.36 bits per heavy atom. The van der Waals surface area contributed by atoms with Gasteiger partial charge in [-0.1, -0.05) is 6.54 Å². The van der Waals surface area contributed by atoms with E-state index in [2.05, 4.69) is 10.2 Å². The number of esters is 1. The summed E-state index contributed by atoms with van der Waals surface area (Å²) < 4.78 is 4.98. The van der Waals surface area contributed by atoms with Crippen LogP contribution in [0.5, 0.6) is 0 Å². The smallest absolute Gasteiger partial charge is 0.303 e. The van der Waals surface area contributed by atoms with E-state index in [0.29, 0.717) is 17.6 Å². The van der Waals surface area contributed by atoms with Crippen molar-refractivity contribution >= 4 is 5.97 Å². The van der Waals surface area contributed by atoms with Crippen molar-refractivity contribution in [2.75, 3.05) is 34.8 Å². The zero-order valence-corrected chi connectivity index (χ0v) is 7.63. The third-order valence-corrected chi connectivity index (χ3v) is 1.07. The second-order valence-corrected chi connectivity index (χ2v) is 3.13. The average molecular weight is 160 g/mol. The first-order valence-corrected chi connectivity index (χ1v) is 3.53. The van der Waals surface area contributed by atoms with Gasteiger partial charge in [-0.05, 0) is 0 Å². The first-order chi connectivity index (χ1) is 4.95. The standard InChI is InChI=1S/C7H16N2O2/c1-9(2,3)8-6-5-7(10)11-4/h5-6H2,1-4H3. The molecule has 0 rings (SSSR count). The summed E-state index contributed by atoms with van der Waals surface area (Å²) in [5.74, 6) is -0.206. The number of nitrogens with zero attached hydrogens (tertiary/aromatic N) is 2. The first-order valence-electron chi connectivity index (χ1n) is 3.53. The number of carbonyl (C=O) groups is 1. The fourth-order valence-corrected chi connectivity index (χ4v) is 0.543. The Hall–Kier alpha value is -0.610. The van der Waals surface area contributed by atoms with Crippen LogP contribution in [-0.2, 0) is 9.53 Å². The van der Waals surface area contributed by atoms with Crippen molar-refractivity contribution < 1.29 is 14.1 Å². The lowest BCUT2D eigenvalue weighted by atomic mass is 10.4. The summed E-state index contributed by atoms with van der Waals surface area (Å²) >= 11 is 0. The second kappa shape index (κ2) is 4.31. The van der Waals surface area contributed by atoms with Crippen LogP contribution in [0.25, 0.3) is 5.43 Å². The van der Waals surface area contributed by atoms with Crippen LogP contribution in [0.3, 0.4) is 0 Å². The van der Waals surface area contributed by atoms with Crippen molar-refractivity contribution in [1.82, 2.24) is 0 Å². The van der Waals surface area contributed by atoms with Gasteiger partial charge < -0.3 is 14.8 Å². The van der Waals surface area contributed by atoms with Crippen molar-refractivity contribution in [3.05, 3.63) is 5.43 Å². The van der Waals surface area contributed by atoms with E-state index in [1.165, 1.54) is 7.11 Å². The molecule has 0 aliphatic carbocycles. The maximum Gasteiger partial charge on any atom is 0.303 e. The lowest BCUT2D eigenvalue weighted by Gasteiger charge is -2.37. The lowest BCUT2D eigenvalue weighted by molar-refractivity contribution is -0.833. The van der Waals surface area contributed by atoms with E-state index in [4.69, 9.17) is 0 Å². The Morgan fingerprint density at radius 2 is 2.00 bits per heavy atom. The highest BCUT2D eigenvalue weighted by Gasteiger charge is 1.97. The van der Waals surface area contributed by atoms with Crippen molar-refractivity contribution in [3.8, 4) is 0 Å². The quantitative estimate of drug-likeness (QED) is 0.342. The number of hydrogen-bond acceptors (Lipinski definition) is 2. The van der Waals surface area contributed by atoms with Crippen LogP contribution >= 0.6 is 0 Å². The molecule has 0 spiro atoms. The Labute approximate surface area is 67.7 Å². The molecule has 0 aliphatic rings. The molecule has 0 aliphatic heterocycles. The molecule has 0 radical (unpaired) electrons. The summed E-state index contributed by atoms with van der Waals surface area (Å²) in [6.45, 7) is 0.524. The molecule has 0 atom stereocenters. The second-order valence-electron chi connectivity index (χ2n) is 3.13. The largest absolute Gasteiger partial charge is 0.469 e.